The van der Waals surface area contributed by atoms with Crippen molar-refractivity contribution in [1.82, 2.24) is 0 Å². The van der Waals surface area contributed by atoms with Crippen molar-refractivity contribution in [3.05, 3.63) is 0 Å². The molecule has 0 N–H and O–H groups in total. The molecule has 21 heavy (non-hydrogen) atoms. The third kappa shape index (κ3) is 0.745. The lowest BCUT2D eigenvalue weighted by Gasteiger charge is -1.96. The molecule has 0 aliphatic heterocycles. The average molecular weight is 280 g/mol. The van der Waals surface area contributed by atoms with E-state index >= 15 is 0 Å². The van der Waals surface area contributed by atoms with Crippen LogP contribution in [0.15, 0.2) is 9.98 Å². The van der Waals surface area contributed by atoms with Gasteiger partial charge in [-0.05, 0) is 77.4 Å². The summed E-state index contributed by atoms with van der Waals surface area (Å²) in [6.45, 7) is 0. The Labute approximate surface area is 126 Å². The maximum absolute atomic E-state index is 4.31. The highest BCUT2D eigenvalue weighted by molar-refractivity contribution is 5.74. The molecule has 2 heteroatoms. The summed E-state index contributed by atoms with van der Waals surface area (Å²) in [7, 11) is 3.91. The van der Waals surface area contributed by atoms with E-state index in [1.807, 2.05) is 14.1 Å². The van der Waals surface area contributed by atoms with Crippen LogP contribution in [0.1, 0.15) is 44.9 Å². The van der Waals surface area contributed by atoms with Crippen LogP contribution in [0.4, 0.5) is 0 Å². The maximum Gasteiger partial charge on any atom is 0.0273 e. The van der Waals surface area contributed by atoms with E-state index < -0.39 is 0 Å². The van der Waals surface area contributed by atoms with Gasteiger partial charge in [0, 0.05) is 38.4 Å². The van der Waals surface area contributed by atoms with Crippen LogP contribution < -0.4 is 0 Å². The van der Waals surface area contributed by atoms with Crippen molar-refractivity contribution in [3.63, 3.8) is 0 Å². The van der Waals surface area contributed by atoms with E-state index in [0.717, 1.165) is 44.3 Å². The lowest BCUT2D eigenvalue weighted by molar-refractivity contribution is 0.504. The monoisotopic (exact) mass is 280 g/mol. The van der Waals surface area contributed by atoms with Gasteiger partial charge < -0.3 is 9.98 Å². The Bertz CT molecular complexity index is 638. The predicted molar refractivity (Wildman–Crippen MR) is 82.7 cm³/mol. The van der Waals surface area contributed by atoms with Crippen molar-refractivity contribution in [2.75, 3.05) is 14.1 Å². The fraction of sp³-hybridized carbons (Fsp3) is 0.895. The molecule has 110 valence electrons. The first-order chi connectivity index (χ1) is 10.1. The number of hydrogen-bond donors (Lipinski definition) is 0. The van der Waals surface area contributed by atoms with Crippen LogP contribution in [0.25, 0.3) is 0 Å². The highest BCUT2D eigenvalue weighted by Gasteiger charge is 3.11. The summed E-state index contributed by atoms with van der Waals surface area (Å²) < 4.78 is 0. The Hall–Kier alpha value is -0.660. The molecule has 7 saturated carbocycles. The minimum atomic E-state index is 0.773. The molecule has 0 bridgehead atoms. The van der Waals surface area contributed by atoms with Crippen LogP contribution in [0.2, 0.25) is 0 Å². The predicted octanol–water partition coefficient (Wildman–Crippen LogP) is 3.36. The summed E-state index contributed by atoms with van der Waals surface area (Å²) in [4.78, 5) is 8.62. The first-order valence-corrected chi connectivity index (χ1v) is 8.96. The molecule has 8 atom stereocenters. The van der Waals surface area contributed by atoms with Gasteiger partial charge in [-0.15, -0.1) is 0 Å². The van der Waals surface area contributed by atoms with Gasteiger partial charge in [0.1, 0.15) is 0 Å². The molecule has 7 fully saturated rings. The molecular weight excluding hydrogens is 256 g/mol. The third-order valence-corrected chi connectivity index (χ3v) is 10.0. The molecule has 7 rings (SSSR count). The van der Waals surface area contributed by atoms with E-state index in [1.54, 1.807) is 32.1 Å². The van der Waals surface area contributed by atoms with Crippen LogP contribution in [0.3, 0.4) is 0 Å². The van der Waals surface area contributed by atoms with E-state index in [-0.39, 0.29) is 0 Å². The number of aliphatic imine (C=N–C) groups is 2. The number of rotatable bonds is 2. The van der Waals surface area contributed by atoms with Crippen molar-refractivity contribution in [2.45, 2.75) is 44.9 Å². The van der Waals surface area contributed by atoms with Gasteiger partial charge in [-0.25, -0.2) is 0 Å². The quantitative estimate of drug-likeness (QED) is 0.693. The second kappa shape index (κ2) is 2.37. The lowest BCUT2D eigenvalue weighted by Crippen LogP contribution is -1.96. The Kier molecular flexibility index (Phi) is 1.24. The molecule has 0 amide bonds. The van der Waals surface area contributed by atoms with E-state index in [0.29, 0.717) is 0 Å². The normalized spacial score (nSPS) is 76.5. The lowest BCUT2D eigenvalue weighted by atomic mass is 10.1. The Morgan fingerprint density at radius 2 is 1.10 bits per heavy atom. The molecule has 7 aliphatic carbocycles. The van der Waals surface area contributed by atoms with E-state index in [2.05, 4.69) is 22.4 Å². The summed E-state index contributed by atoms with van der Waals surface area (Å²) in [6, 6.07) is 0. The molecule has 7 aliphatic rings. The summed E-state index contributed by atoms with van der Waals surface area (Å²) in [6.07, 6.45) is 15.5. The SMILES string of the molecule is CN=C[C@@H]1C[C@]12C[C@]21C[C@]12C[C@]21C[C@]12C[C@]21C[C@@H]1C=NC. The Morgan fingerprint density at radius 3 is 1.52 bits per heavy atom. The van der Waals surface area contributed by atoms with Gasteiger partial charge in [0.25, 0.3) is 0 Å². The molecule has 0 aromatic rings. The van der Waals surface area contributed by atoms with Crippen molar-refractivity contribution >= 4 is 12.4 Å². The third-order valence-electron chi connectivity index (χ3n) is 10.0. The smallest absolute Gasteiger partial charge is 0.0273 e. The zero-order valence-corrected chi connectivity index (χ0v) is 13.2. The van der Waals surface area contributed by atoms with Gasteiger partial charge in [0.15, 0.2) is 0 Å². The van der Waals surface area contributed by atoms with E-state index in [4.69, 9.17) is 0 Å². The van der Waals surface area contributed by atoms with Gasteiger partial charge in [-0.3, -0.25) is 0 Å². The van der Waals surface area contributed by atoms with E-state index in [9.17, 15) is 0 Å². The maximum atomic E-state index is 4.31. The first kappa shape index (κ1) is 11.0. The zero-order valence-electron chi connectivity index (χ0n) is 13.2. The minimum Gasteiger partial charge on any atom is -0.301 e. The Balaban J connectivity index is 1.16. The van der Waals surface area contributed by atoms with Crippen molar-refractivity contribution < 1.29 is 0 Å². The number of hydrogen-bond acceptors (Lipinski definition) is 2. The topological polar surface area (TPSA) is 24.7 Å². The average Bonchev–Trinajstić information content (AvgIpc) is 3.25. The van der Waals surface area contributed by atoms with Gasteiger partial charge in [-0.1, -0.05) is 0 Å². The van der Waals surface area contributed by atoms with E-state index in [1.165, 1.54) is 12.8 Å². The first-order valence-electron chi connectivity index (χ1n) is 8.96. The summed E-state index contributed by atoms with van der Waals surface area (Å²) >= 11 is 0. The molecule has 6 spiro atoms. The summed E-state index contributed by atoms with van der Waals surface area (Å²) in [5, 5.41) is 0. The molecule has 0 aromatic carbocycles. The molecule has 2 nitrogen and oxygen atoms in total. The second-order valence-electron chi connectivity index (χ2n) is 9.96. The fourth-order valence-electron chi connectivity index (χ4n) is 8.81. The van der Waals surface area contributed by atoms with Crippen molar-refractivity contribution in [2.24, 2.45) is 54.3 Å². The largest absolute Gasteiger partial charge is 0.301 e. The molecule has 0 aromatic heterocycles. The van der Waals surface area contributed by atoms with Gasteiger partial charge in [-0.2, -0.15) is 0 Å². The highest BCUT2D eigenvalue weighted by Crippen LogP contribution is 3.17. The van der Waals surface area contributed by atoms with Gasteiger partial charge in [0.05, 0.1) is 0 Å². The standard InChI is InChI=1S/C19H24N2/c1-20-5-12-3-14(12)7-16(14)9-18(16)11-19(18)10-17(19)8-15(17)4-13(15)6-21-2/h5-6,12-13H,3-4,7-11H2,1-2H3/t12-,13+,14-,15-,16-,17-,18-,19-/m0/s1. The second-order valence-corrected chi connectivity index (χ2v) is 9.96. The van der Waals surface area contributed by atoms with Gasteiger partial charge >= 0.3 is 0 Å². The molecule has 0 heterocycles. The van der Waals surface area contributed by atoms with Crippen LogP contribution in [-0.2, 0) is 0 Å². The van der Waals surface area contributed by atoms with Crippen LogP contribution in [-0.4, -0.2) is 26.5 Å². The van der Waals surface area contributed by atoms with Crippen LogP contribution >= 0.6 is 0 Å². The van der Waals surface area contributed by atoms with Crippen LogP contribution in [0.5, 0.6) is 0 Å². The minimum absolute atomic E-state index is 0.773. The van der Waals surface area contributed by atoms with Crippen molar-refractivity contribution in [3.8, 4) is 0 Å². The van der Waals surface area contributed by atoms with Gasteiger partial charge in [0.2, 0.25) is 0 Å². The number of fused-ring (bicyclic) bond motifs is 5. The zero-order chi connectivity index (χ0) is 13.9. The molecule has 0 unspecified atom stereocenters. The van der Waals surface area contributed by atoms with Crippen molar-refractivity contribution in [1.29, 1.82) is 0 Å². The summed E-state index contributed by atoms with van der Waals surface area (Å²) in [5.41, 5.74) is 4.93. The summed E-state index contributed by atoms with van der Waals surface area (Å²) in [5.74, 6) is 1.73. The van der Waals surface area contributed by atoms with Crippen LogP contribution in [0, 0.1) is 44.3 Å². The Morgan fingerprint density at radius 1 is 0.667 bits per heavy atom. The fourth-order valence-corrected chi connectivity index (χ4v) is 8.81. The highest BCUT2D eigenvalue weighted by atomic mass is 15.1. The molecular formula is C19H24N2. The number of nitrogens with zero attached hydrogens (tertiary/aromatic N) is 2. The molecule has 0 saturated heterocycles. The molecule has 0 radical (unpaired) electrons.